The first-order valence-electron chi connectivity index (χ1n) is 25.1. The Morgan fingerprint density at radius 1 is 0.264 bits per heavy atom. The van der Waals surface area contributed by atoms with Gasteiger partial charge in [0.05, 0.1) is 0 Å². The van der Waals surface area contributed by atoms with Crippen LogP contribution in [0.2, 0.25) is 0 Å². The second-order valence-corrected chi connectivity index (χ2v) is 19.6. The molecule has 0 fully saturated rings. The van der Waals surface area contributed by atoms with Crippen LogP contribution >= 0.6 is 0 Å². The third-order valence-corrected chi connectivity index (χ3v) is 15.8. The highest BCUT2D eigenvalue weighted by molar-refractivity contribution is 6.36. The van der Waals surface area contributed by atoms with E-state index >= 15 is 0 Å². The minimum Gasteiger partial charge on any atom is -0.455 e. The lowest BCUT2D eigenvalue weighted by Crippen LogP contribution is -2.31. The maximum Gasteiger partial charge on any atom is 0.143 e. The van der Waals surface area contributed by atoms with Crippen molar-refractivity contribution in [2.45, 2.75) is 12.8 Å². The molecule has 0 radical (unpaired) electrons. The Labute approximate surface area is 413 Å². The van der Waals surface area contributed by atoms with Crippen molar-refractivity contribution in [3.8, 4) is 44.5 Å². The summed E-state index contributed by atoms with van der Waals surface area (Å²) < 4.78 is 14.5. The molecule has 2 heterocycles. The lowest BCUT2D eigenvalue weighted by atomic mass is 9.83. The molecule has 0 unspecified atom stereocenters. The fourth-order valence-electron chi connectivity index (χ4n) is 12.8. The van der Waals surface area contributed by atoms with Gasteiger partial charge in [-0.3, -0.25) is 0 Å². The van der Waals surface area contributed by atoms with Gasteiger partial charge in [-0.25, -0.2) is 0 Å². The molecule has 2 nitrogen and oxygen atoms in total. The van der Waals surface area contributed by atoms with Gasteiger partial charge < -0.3 is 8.83 Å². The van der Waals surface area contributed by atoms with E-state index in [0.717, 1.165) is 78.6 Å². The van der Waals surface area contributed by atoms with Crippen LogP contribution in [0.15, 0.2) is 227 Å². The molecule has 72 heavy (non-hydrogen) atoms. The van der Waals surface area contributed by atoms with E-state index in [2.05, 4.69) is 231 Å². The van der Waals surface area contributed by atoms with E-state index in [1.54, 1.807) is 0 Å². The van der Waals surface area contributed by atoms with Gasteiger partial charge in [-0.15, -0.1) is 0 Å². The van der Waals surface area contributed by atoms with Crippen LogP contribution in [-0.4, -0.2) is 0 Å². The van der Waals surface area contributed by atoms with Crippen LogP contribution < -0.4 is 10.4 Å². The number of rotatable bonds is 4. The molecule has 2 aromatic heterocycles. The molecular weight excluding hydrogens is 873 g/mol. The highest BCUT2D eigenvalue weighted by Crippen LogP contribution is 2.52. The molecule has 0 aliphatic heterocycles. The van der Waals surface area contributed by atoms with Gasteiger partial charge in [0.15, 0.2) is 0 Å². The molecule has 15 aromatic rings. The lowest BCUT2D eigenvalue weighted by molar-refractivity contribution is 0.670. The van der Waals surface area contributed by atoms with Gasteiger partial charge in [0, 0.05) is 49.2 Å². The van der Waals surface area contributed by atoms with E-state index in [9.17, 15) is 0 Å². The Kier molecular flexibility index (Phi) is 8.32. The summed E-state index contributed by atoms with van der Waals surface area (Å²) >= 11 is 0. The number of hydrogen-bond acceptors (Lipinski definition) is 2. The van der Waals surface area contributed by atoms with E-state index < -0.39 is 0 Å². The summed E-state index contributed by atoms with van der Waals surface area (Å²) in [7, 11) is 0. The van der Waals surface area contributed by atoms with E-state index in [1.807, 2.05) is 0 Å². The largest absolute Gasteiger partial charge is 0.455 e. The van der Waals surface area contributed by atoms with E-state index in [-0.39, 0.29) is 0 Å². The van der Waals surface area contributed by atoms with Crippen molar-refractivity contribution in [1.82, 2.24) is 0 Å². The quantitative estimate of drug-likeness (QED) is 0.164. The van der Waals surface area contributed by atoms with Crippen molar-refractivity contribution in [3.63, 3.8) is 0 Å². The average Bonchev–Trinajstić information content (AvgIpc) is 4.03. The minimum atomic E-state index is 0.863. The molecule has 0 saturated heterocycles. The fourth-order valence-corrected chi connectivity index (χ4v) is 12.8. The van der Waals surface area contributed by atoms with Gasteiger partial charge in [0.25, 0.3) is 0 Å². The van der Waals surface area contributed by atoms with Crippen LogP contribution in [0.1, 0.15) is 12.8 Å². The summed E-state index contributed by atoms with van der Waals surface area (Å²) in [5, 5.41) is 21.4. The summed E-state index contributed by atoms with van der Waals surface area (Å²) in [4.78, 5) is 0. The third kappa shape index (κ3) is 5.60. The summed E-state index contributed by atoms with van der Waals surface area (Å²) in [6, 6.07) is 80.2. The average molecular weight is 915 g/mol. The monoisotopic (exact) mass is 914 g/mol. The van der Waals surface area contributed by atoms with Crippen molar-refractivity contribution in [2.75, 3.05) is 0 Å². The molecule has 334 valence electrons. The molecule has 0 atom stereocenters. The molecular formula is C70H42O2. The maximum absolute atomic E-state index is 7.24. The van der Waals surface area contributed by atoms with Crippen LogP contribution in [0.5, 0.6) is 0 Å². The topological polar surface area (TPSA) is 26.3 Å². The molecule has 0 saturated carbocycles. The zero-order valence-corrected chi connectivity index (χ0v) is 39.2. The van der Waals surface area contributed by atoms with Gasteiger partial charge in [0.2, 0.25) is 0 Å². The number of hydrogen-bond donors (Lipinski definition) is 0. The molecule has 13 aromatic carbocycles. The maximum atomic E-state index is 7.24. The van der Waals surface area contributed by atoms with Gasteiger partial charge in [0.1, 0.15) is 22.3 Å². The molecule has 0 spiro atoms. The highest BCUT2D eigenvalue weighted by atomic mass is 16.3. The molecule has 2 heteroatoms. The van der Waals surface area contributed by atoms with Gasteiger partial charge in [-0.05, 0) is 141 Å². The van der Waals surface area contributed by atoms with Crippen molar-refractivity contribution in [2.24, 2.45) is 0 Å². The molecule has 0 N–H and O–H groups in total. The predicted molar refractivity (Wildman–Crippen MR) is 305 cm³/mol. The predicted octanol–water partition coefficient (Wildman–Crippen LogP) is 18.4. The van der Waals surface area contributed by atoms with Gasteiger partial charge in [-0.2, -0.15) is 0 Å². The van der Waals surface area contributed by atoms with Crippen LogP contribution in [0.3, 0.4) is 0 Å². The number of furan rings is 2. The van der Waals surface area contributed by atoms with Gasteiger partial charge in [-0.1, -0.05) is 194 Å². The Bertz CT molecular complexity index is 4930. The zero-order chi connectivity index (χ0) is 47.0. The van der Waals surface area contributed by atoms with E-state index in [0.29, 0.717) is 0 Å². The second kappa shape index (κ2) is 15.1. The SMILES string of the molecule is C1=c2c(-c3ccc4ccccc4c3)c3ccccc3c(-c3cc4cc(-c5c6ccccc6c(-c6ccc7ccccc7c6)c6ccccc56)c5oc6ccccc6c5c4c4c3oc3ccccc34)c2=CCC1. The van der Waals surface area contributed by atoms with Crippen LogP contribution in [0.25, 0.3) is 165 Å². The standard InChI is InChI=1S/C70H42O2/c1-3-19-43-37-45(35-33-41(43)17-1)62-48-21-5-9-25-52(48)65(53-26-10-6-22-49(53)62)58-39-47-40-59(70-68(57-30-14-16-32-61(57)72-70)64(47)67-56-29-13-15-31-60(56)71-69(58)67)66-54-27-11-7-23-50(54)63(51-24-8-12-28-55(51)66)46-36-34-42-18-2-4-20-44(42)38-46/h1-7,9-11,13-40H,8,12H2. The smallest absolute Gasteiger partial charge is 0.143 e. The Morgan fingerprint density at radius 2 is 0.639 bits per heavy atom. The summed E-state index contributed by atoms with van der Waals surface area (Å²) in [5.74, 6) is 0. The number of benzene rings is 13. The third-order valence-electron chi connectivity index (χ3n) is 15.8. The summed E-state index contributed by atoms with van der Waals surface area (Å²) in [5.41, 5.74) is 13.0. The molecule has 1 aliphatic rings. The minimum absolute atomic E-state index is 0.863. The molecule has 0 amide bonds. The fraction of sp³-hybridized carbons (Fsp3) is 0.0286. The van der Waals surface area contributed by atoms with Crippen molar-refractivity contribution >= 4 is 121 Å². The molecule has 0 bridgehead atoms. The van der Waals surface area contributed by atoms with Crippen LogP contribution in [-0.2, 0) is 0 Å². The first-order chi connectivity index (χ1) is 35.7. The van der Waals surface area contributed by atoms with Crippen LogP contribution in [0.4, 0.5) is 0 Å². The Morgan fingerprint density at radius 3 is 1.15 bits per heavy atom. The van der Waals surface area contributed by atoms with Crippen molar-refractivity contribution in [1.29, 1.82) is 0 Å². The van der Waals surface area contributed by atoms with Crippen molar-refractivity contribution in [3.05, 3.63) is 229 Å². The van der Waals surface area contributed by atoms with E-state index in [1.165, 1.54) is 97.7 Å². The number of fused-ring (bicyclic) bond motifs is 15. The van der Waals surface area contributed by atoms with Crippen molar-refractivity contribution < 1.29 is 8.83 Å². The van der Waals surface area contributed by atoms with E-state index in [4.69, 9.17) is 8.83 Å². The zero-order valence-electron chi connectivity index (χ0n) is 39.2. The second-order valence-electron chi connectivity index (χ2n) is 19.6. The molecule has 1 aliphatic carbocycles. The highest BCUT2D eigenvalue weighted by Gasteiger charge is 2.27. The normalized spacial score (nSPS) is 12.8. The lowest BCUT2D eigenvalue weighted by Gasteiger charge is -2.20. The van der Waals surface area contributed by atoms with Gasteiger partial charge >= 0.3 is 0 Å². The van der Waals surface area contributed by atoms with Crippen LogP contribution in [0, 0.1) is 0 Å². The number of para-hydroxylation sites is 2. The first kappa shape index (κ1) is 39.6. The Balaban J connectivity index is 1.07. The Hall–Kier alpha value is -9.24. The first-order valence-corrected chi connectivity index (χ1v) is 25.1. The molecule has 16 rings (SSSR count). The summed E-state index contributed by atoms with van der Waals surface area (Å²) in [6.45, 7) is 0. The summed E-state index contributed by atoms with van der Waals surface area (Å²) in [6.07, 6.45) is 6.91.